The second-order valence-electron chi connectivity index (χ2n) is 4.27. The van der Waals surface area contributed by atoms with Gasteiger partial charge in [-0.1, -0.05) is 33.6 Å². The first-order chi connectivity index (χ1) is 7.17. The molecule has 0 bridgehead atoms. The van der Waals surface area contributed by atoms with E-state index in [4.69, 9.17) is 16.1 Å². The van der Waals surface area contributed by atoms with Crippen molar-refractivity contribution < 1.29 is 28.3 Å². The maximum absolute atomic E-state index is 5.67. The van der Waals surface area contributed by atoms with Gasteiger partial charge < -0.3 is 16.1 Å². The summed E-state index contributed by atoms with van der Waals surface area (Å²) in [5, 5.41) is 0. The standard InChI is InChI=1S/C13H25O2.Li/c1-6-8-9-13(15-10-14-5)12(7-2)11(3)4;/h2,7,11-13H,6,8-10H2,1,3-5H3;/q-1;+1/t12-,13-;/m0./s1. The van der Waals surface area contributed by atoms with Crippen LogP contribution >= 0.6 is 0 Å². The molecule has 0 aromatic heterocycles. The Kier molecular flexibility index (Phi) is 13.7. The molecule has 2 atom stereocenters. The first-order valence-electron chi connectivity index (χ1n) is 5.82. The third-order valence-electron chi connectivity index (χ3n) is 2.66. The number of rotatable bonds is 9. The van der Waals surface area contributed by atoms with Crippen molar-refractivity contribution >= 4 is 0 Å². The van der Waals surface area contributed by atoms with Crippen LogP contribution in [-0.4, -0.2) is 20.0 Å². The minimum absolute atomic E-state index is 0. The fourth-order valence-electron chi connectivity index (χ4n) is 1.72. The minimum Gasteiger partial charge on any atom is -0.518 e. The normalized spacial score (nSPS) is 14.3. The summed E-state index contributed by atoms with van der Waals surface area (Å²) in [7, 11) is 1.65. The Morgan fingerprint density at radius 2 is 1.94 bits per heavy atom. The number of hydrogen-bond acceptors (Lipinski definition) is 2. The van der Waals surface area contributed by atoms with Crippen molar-refractivity contribution in [1.29, 1.82) is 0 Å². The van der Waals surface area contributed by atoms with Crippen molar-refractivity contribution in [2.24, 2.45) is 11.8 Å². The fourth-order valence-corrected chi connectivity index (χ4v) is 1.72. The number of ether oxygens (including phenoxy) is 2. The molecule has 0 aromatic rings. The van der Waals surface area contributed by atoms with Gasteiger partial charge in [0.05, 0.1) is 6.10 Å². The van der Waals surface area contributed by atoms with Crippen LogP contribution in [0, 0.1) is 18.4 Å². The Morgan fingerprint density at radius 3 is 2.31 bits per heavy atom. The van der Waals surface area contributed by atoms with E-state index in [0.717, 1.165) is 6.42 Å². The predicted octanol–water partition coefficient (Wildman–Crippen LogP) is 0.431. The van der Waals surface area contributed by atoms with E-state index in [9.17, 15) is 0 Å². The Bertz CT molecular complexity index is 152. The van der Waals surface area contributed by atoms with E-state index in [1.807, 2.05) is 0 Å². The predicted molar refractivity (Wildman–Crippen MR) is 63.5 cm³/mol. The molecule has 90 valence electrons. The Hall–Kier alpha value is 0.257. The third-order valence-corrected chi connectivity index (χ3v) is 2.66. The molecular formula is C13H25LiO2. The second-order valence-corrected chi connectivity index (χ2v) is 4.27. The van der Waals surface area contributed by atoms with Crippen LogP contribution in [0.1, 0.15) is 40.0 Å². The number of hydrogen-bond donors (Lipinski definition) is 0. The molecule has 0 saturated heterocycles. The van der Waals surface area contributed by atoms with Gasteiger partial charge in [0.25, 0.3) is 0 Å². The molecule has 0 saturated carbocycles. The molecule has 0 aliphatic rings. The summed E-state index contributed by atoms with van der Waals surface area (Å²) in [5.74, 6) is 0.820. The van der Waals surface area contributed by atoms with Crippen LogP contribution in [-0.2, 0) is 9.47 Å². The van der Waals surface area contributed by atoms with Gasteiger partial charge in [-0.15, -0.1) is 0 Å². The maximum Gasteiger partial charge on any atom is 1.00 e. The molecule has 2 nitrogen and oxygen atoms in total. The molecule has 0 spiro atoms. The first kappa shape index (κ1) is 18.6. The summed E-state index contributed by atoms with van der Waals surface area (Å²) in [6.07, 6.45) is 5.36. The van der Waals surface area contributed by atoms with Crippen LogP contribution < -0.4 is 18.9 Å². The average Bonchev–Trinajstić information content (AvgIpc) is 2.21. The van der Waals surface area contributed by atoms with Crippen LogP contribution in [0.25, 0.3) is 0 Å². The van der Waals surface area contributed by atoms with Crippen LogP contribution in [0.2, 0.25) is 0 Å². The third kappa shape index (κ3) is 7.52. The Labute approximate surface area is 113 Å². The SMILES string of the molecule is [CH-]=C[C@@H](C(C)C)[C@H](CCCC)OCOC.[Li+]. The molecule has 0 aromatic carbocycles. The van der Waals surface area contributed by atoms with E-state index in [-0.39, 0.29) is 25.0 Å². The molecule has 0 rings (SSSR count). The zero-order valence-corrected chi connectivity index (χ0v) is 11.5. The number of unbranched alkanes of at least 4 members (excludes halogenated alkanes) is 1. The monoisotopic (exact) mass is 220 g/mol. The minimum atomic E-state index is 0. The molecule has 16 heavy (non-hydrogen) atoms. The second kappa shape index (κ2) is 11.7. The molecule has 0 heterocycles. The molecular weight excluding hydrogens is 195 g/mol. The van der Waals surface area contributed by atoms with E-state index in [0.29, 0.717) is 18.6 Å². The van der Waals surface area contributed by atoms with Gasteiger partial charge in [0, 0.05) is 7.11 Å². The van der Waals surface area contributed by atoms with Crippen LogP contribution in [0.4, 0.5) is 0 Å². The smallest absolute Gasteiger partial charge is 0.518 e. The van der Waals surface area contributed by atoms with Gasteiger partial charge in [-0.3, -0.25) is 6.08 Å². The van der Waals surface area contributed by atoms with Gasteiger partial charge in [-0.25, -0.2) is 0 Å². The van der Waals surface area contributed by atoms with Crippen molar-refractivity contribution in [2.45, 2.75) is 46.1 Å². The Morgan fingerprint density at radius 1 is 1.31 bits per heavy atom. The maximum atomic E-state index is 5.67. The van der Waals surface area contributed by atoms with E-state index in [1.54, 1.807) is 13.2 Å². The zero-order valence-electron chi connectivity index (χ0n) is 11.5. The zero-order chi connectivity index (χ0) is 11.7. The van der Waals surface area contributed by atoms with Gasteiger partial charge >= 0.3 is 18.9 Å². The molecule has 0 aliphatic heterocycles. The van der Waals surface area contributed by atoms with Gasteiger partial charge in [0.1, 0.15) is 6.79 Å². The van der Waals surface area contributed by atoms with Crippen molar-refractivity contribution in [2.75, 3.05) is 13.9 Å². The molecule has 0 radical (unpaired) electrons. The van der Waals surface area contributed by atoms with Crippen LogP contribution in [0.3, 0.4) is 0 Å². The summed E-state index contributed by atoms with van der Waals surface area (Å²) >= 11 is 0. The van der Waals surface area contributed by atoms with Gasteiger partial charge in [-0.2, -0.15) is 0 Å². The van der Waals surface area contributed by atoms with Crippen molar-refractivity contribution in [1.82, 2.24) is 0 Å². The molecule has 0 aliphatic carbocycles. The fraction of sp³-hybridized carbons (Fsp3) is 0.846. The van der Waals surface area contributed by atoms with Crippen molar-refractivity contribution in [3.8, 4) is 0 Å². The van der Waals surface area contributed by atoms with Crippen molar-refractivity contribution in [3.05, 3.63) is 12.7 Å². The van der Waals surface area contributed by atoms with E-state index in [1.165, 1.54) is 12.8 Å². The summed E-state index contributed by atoms with van der Waals surface area (Å²) in [4.78, 5) is 0. The van der Waals surface area contributed by atoms with Crippen LogP contribution in [0.15, 0.2) is 6.08 Å². The van der Waals surface area contributed by atoms with E-state index < -0.39 is 0 Å². The largest absolute Gasteiger partial charge is 1.00 e. The summed E-state index contributed by atoms with van der Waals surface area (Å²) < 4.78 is 10.6. The van der Waals surface area contributed by atoms with Gasteiger partial charge in [0.15, 0.2) is 0 Å². The summed E-state index contributed by atoms with van der Waals surface area (Å²) in [6, 6.07) is 0. The number of methoxy groups -OCH3 is 1. The quantitative estimate of drug-likeness (QED) is 0.319. The molecule has 0 fully saturated rings. The first-order valence-corrected chi connectivity index (χ1v) is 5.82. The van der Waals surface area contributed by atoms with E-state index >= 15 is 0 Å². The molecule has 0 N–H and O–H groups in total. The topological polar surface area (TPSA) is 18.5 Å². The summed E-state index contributed by atoms with van der Waals surface area (Å²) in [6.45, 7) is 12.5. The average molecular weight is 220 g/mol. The molecule has 0 unspecified atom stereocenters. The summed E-state index contributed by atoms with van der Waals surface area (Å²) in [5.41, 5.74) is 0. The van der Waals surface area contributed by atoms with Gasteiger partial charge in [0.2, 0.25) is 0 Å². The van der Waals surface area contributed by atoms with Crippen LogP contribution in [0.5, 0.6) is 0 Å². The molecule has 3 heteroatoms. The van der Waals surface area contributed by atoms with Gasteiger partial charge in [-0.05, 0) is 18.3 Å². The molecule has 0 amide bonds. The Balaban J connectivity index is 0. The van der Waals surface area contributed by atoms with E-state index in [2.05, 4.69) is 20.8 Å². The van der Waals surface area contributed by atoms with Crippen molar-refractivity contribution in [3.63, 3.8) is 0 Å².